The third-order valence-electron chi connectivity index (χ3n) is 3.21. The fourth-order valence-electron chi connectivity index (χ4n) is 2.19. The van der Waals surface area contributed by atoms with E-state index in [1.807, 2.05) is 47.1 Å². The Hall–Kier alpha value is -2.20. The maximum absolute atomic E-state index is 5.57. The molecule has 1 atom stereocenters. The molecule has 19 heavy (non-hydrogen) atoms. The summed E-state index contributed by atoms with van der Waals surface area (Å²) in [6.45, 7) is 0.654. The summed E-state index contributed by atoms with van der Waals surface area (Å²) in [5, 5.41) is 8.35. The normalized spacial score (nSPS) is 12.7. The van der Waals surface area contributed by atoms with Crippen molar-refractivity contribution in [3.05, 3.63) is 60.2 Å². The SMILES string of the molecule is COC(Cn1nnc2ccccc21)c1ccccc1. The minimum Gasteiger partial charge on any atom is -0.375 e. The number of fused-ring (bicyclic) bond motifs is 1. The molecule has 0 N–H and O–H groups in total. The lowest BCUT2D eigenvalue weighted by Gasteiger charge is -2.15. The lowest BCUT2D eigenvalue weighted by atomic mass is 10.1. The second-order valence-corrected chi connectivity index (χ2v) is 4.40. The van der Waals surface area contributed by atoms with Crippen LogP contribution in [0.5, 0.6) is 0 Å². The first-order chi connectivity index (χ1) is 9.38. The number of ether oxygens (including phenoxy) is 1. The highest BCUT2D eigenvalue weighted by atomic mass is 16.5. The number of para-hydroxylation sites is 1. The van der Waals surface area contributed by atoms with Crippen LogP contribution in [0.25, 0.3) is 11.0 Å². The number of benzene rings is 2. The Balaban J connectivity index is 1.91. The van der Waals surface area contributed by atoms with Crippen LogP contribution in [0.4, 0.5) is 0 Å². The second kappa shape index (κ2) is 5.20. The van der Waals surface area contributed by atoms with Crippen molar-refractivity contribution in [3.63, 3.8) is 0 Å². The summed E-state index contributed by atoms with van der Waals surface area (Å²) < 4.78 is 7.46. The van der Waals surface area contributed by atoms with E-state index < -0.39 is 0 Å². The highest BCUT2D eigenvalue weighted by Crippen LogP contribution is 2.20. The molecule has 0 fully saturated rings. The van der Waals surface area contributed by atoms with Crippen LogP contribution < -0.4 is 0 Å². The van der Waals surface area contributed by atoms with E-state index in [4.69, 9.17) is 4.74 Å². The van der Waals surface area contributed by atoms with E-state index >= 15 is 0 Å². The molecule has 4 heteroatoms. The first-order valence-electron chi connectivity index (χ1n) is 6.24. The van der Waals surface area contributed by atoms with Gasteiger partial charge in [-0.05, 0) is 17.7 Å². The van der Waals surface area contributed by atoms with Gasteiger partial charge in [0.1, 0.15) is 11.6 Å². The molecular weight excluding hydrogens is 238 g/mol. The molecule has 0 aliphatic heterocycles. The van der Waals surface area contributed by atoms with Gasteiger partial charge in [0.15, 0.2) is 0 Å². The van der Waals surface area contributed by atoms with Gasteiger partial charge in [0.2, 0.25) is 0 Å². The summed E-state index contributed by atoms with van der Waals surface area (Å²) in [6.07, 6.45) is -0.0219. The zero-order chi connectivity index (χ0) is 13.1. The molecule has 3 rings (SSSR count). The van der Waals surface area contributed by atoms with Crippen molar-refractivity contribution in [2.24, 2.45) is 0 Å². The van der Waals surface area contributed by atoms with Crippen molar-refractivity contribution in [3.8, 4) is 0 Å². The van der Waals surface area contributed by atoms with Crippen LogP contribution in [0.1, 0.15) is 11.7 Å². The number of aromatic nitrogens is 3. The highest BCUT2D eigenvalue weighted by Gasteiger charge is 2.13. The fraction of sp³-hybridized carbons (Fsp3) is 0.200. The Kier molecular flexibility index (Phi) is 3.25. The second-order valence-electron chi connectivity index (χ2n) is 4.40. The van der Waals surface area contributed by atoms with E-state index in [-0.39, 0.29) is 6.10 Å². The van der Waals surface area contributed by atoms with Crippen LogP contribution in [0.15, 0.2) is 54.6 Å². The summed E-state index contributed by atoms with van der Waals surface area (Å²) in [5.74, 6) is 0. The molecule has 0 saturated carbocycles. The van der Waals surface area contributed by atoms with Crippen molar-refractivity contribution in [1.82, 2.24) is 15.0 Å². The summed E-state index contributed by atoms with van der Waals surface area (Å²) in [4.78, 5) is 0. The predicted octanol–water partition coefficient (Wildman–Crippen LogP) is 2.82. The minimum atomic E-state index is -0.0219. The van der Waals surface area contributed by atoms with Crippen molar-refractivity contribution in [2.45, 2.75) is 12.6 Å². The van der Waals surface area contributed by atoms with Crippen LogP contribution in [-0.2, 0) is 11.3 Å². The number of hydrogen-bond donors (Lipinski definition) is 0. The lowest BCUT2D eigenvalue weighted by Crippen LogP contribution is -2.12. The van der Waals surface area contributed by atoms with Gasteiger partial charge in [0.05, 0.1) is 12.1 Å². The van der Waals surface area contributed by atoms with Crippen LogP contribution in [0.3, 0.4) is 0 Å². The topological polar surface area (TPSA) is 39.9 Å². The smallest absolute Gasteiger partial charge is 0.113 e. The average molecular weight is 253 g/mol. The molecule has 2 aromatic carbocycles. The van der Waals surface area contributed by atoms with Gasteiger partial charge < -0.3 is 4.74 Å². The Morgan fingerprint density at radius 1 is 1.05 bits per heavy atom. The van der Waals surface area contributed by atoms with Crippen LogP contribution in [-0.4, -0.2) is 22.1 Å². The maximum Gasteiger partial charge on any atom is 0.113 e. The van der Waals surface area contributed by atoms with Crippen molar-refractivity contribution < 1.29 is 4.74 Å². The highest BCUT2D eigenvalue weighted by molar-refractivity contribution is 5.73. The molecular formula is C15H15N3O. The largest absolute Gasteiger partial charge is 0.375 e. The van der Waals surface area contributed by atoms with E-state index in [1.165, 1.54) is 0 Å². The minimum absolute atomic E-state index is 0.0219. The van der Waals surface area contributed by atoms with Gasteiger partial charge in [-0.3, -0.25) is 0 Å². The molecule has 96 valence electrons. The van der Waals surface area contributed by atoms with Gasteiger partial charge in [-0.25, -0.2) is 4.68 Å². The molecule has 0 saturated heterocycles. The maximum atomic E-state index is 5.57. The Bertz CT molecular complexity index is 663. The van der Waals surface area contributed by atoms with Gasteiger partial charge in [-0.1, -0.05) is 47.7 Å². The molecule has 0 spiro atoms. The molecule has 1 aromatic heterocycles. The number of nitrogens with zero attached hydrogens (tertiary/aromatic N) is 3. The average Bonchev–Trinajstić information content (AvgIpc) is 2.89. The quantitative estimate of drug-likeness (QED) is 0.717. The van der Waals surface area contributed by atoms with Crippen molar-refractivity contribution in [2.75, 3.05) is 7.11 Å². The summed E-state index contributed by atoms with van der Waals surface area (Å²) >= 11 is 0. The Morgan fingerprint density at radius 2 is 1.79 bits per heavy atom. The van der Waals surface area contributed by atoms with E-state index in [2.05, 4.69) is 22.4 Å². The summed E-state index contributed by atoms with van der Waals surface area (Å²) in [5.41, 5.74) is 3.08. The third-order valence-corrected chi connectivity index (χ3v) is 3.21. The summed E-state index contributed by atoms with van der Waals surface area (Å²) in [7, 11) is 1.72. The van der Waals surface area contributed by atoms with Gasteiger partial charge in [-0.15, -0.1) is 5.10 Å². The van der Waals surface area contributed by atoms with Crippen LogP contribution in [0, 0.1) is 0 Å². The van der Waals surface area contributed by atoms with E-state index in [0.717, 1.165) is 16.6 Å². The van der Waals surface area contributed by atoms with Gasteiger partial charge in [0, 0.05) is 7.11 Å². The molecule has 0 radical (unpaired) electrons. The van der Waals surface area contributed by atoms with Crippen molar-refractivity contribution in [1.29, 1.82) is 0 Å². The van der Waals surface area contributed by atoms with E-state index in [9.17, 15) is 0 Å². The monoisotopic (exact) mass is 253 g/mol. The molecule has 0 aliphatic rings. The Morgan fingerprint density at radius 3 is 2.58 bits per heavy atom. The number of rotatable bonds is 4. The molecule has 1 unspecified atom stereocenters. The van der Waals surface area contributed by atoms with Crippen LogP contribution in [0.2, 0.25) is 0 Å². The third kappa shape index (κ3) is 2.35. The van der Waals surface area contributed by atoms with E-state index in [0.29, 0.717) is 6.54 Å². The molecule has 0 bridgehead atoms. The van der Waals surface area contributed by atoms with E-state index in [1.54, 1.807) is 7.11 Å². The van der Waals surface area contributed by atoms with Gasteiger partial charge in [-0.2, -0.15) is 0 Å². The molecule has 0 amide bonds. The first kappa shape index (κ1) is 11.9. The lowest BCUT2D eigenvalue weighted by molar-refractivity contribution is 0.0852. The number of hydrogen-bond acceptors (Lipinski definition) is 3. The molecule has 3 aromatic rings. The van der Waals surface area contributed by atoms with Crippen molar-refractivity contribution >= 4 is 11.0 Å². The van der Waals surface area contributed by atoms with Crippen LogP contribution >= 0.6 is 0 Å². The zero-order valence-corrected chi connectivity index (χ0v) is 10.7. The molecule has 0 aliphatic carbocycles. The summed E-state index contributed by atoms with van der Waals surface area (Å²) in [6, 6.07) is 18.1. The predicted molar refractivity (Wildman–Crippen MR) is 73.7 cm³/mol. The molecule has 4 nitrogen and oxygen atoms in total. The standard InChI is InChI=1S/C15H15N3O/c1-19-15(12-7-3-2-4-8-12)11-18-14-10-6-5-9-13(14)16-17-18/h2-10,15H,11H2,1H3. The Labute approximate surface area is 111 Å². The zero-order valence-electron chi connectivity index (χ0n) is 10.7. The number of methoxy groups -OCH3 is 1. The first-order valence-corrected chi connectivity index (χ1v) is 6.24. The van der Waals surface area contributed by atoms with Gasteiger partial charge in [0.25, 0.3) is 0 Å². The van der Waals surface area contributed by atoms with Gasteiger partial charge >= 0.3 is 0 Å². The molecule has 1 heterocycles. The fourth-order valence-corrected chi connectivity index (χ4v) is 2.19.